The summed E-state index contributed by atoms with van der Waals surface area (Å²) in [6.07, 6.45) is 3.31. The van der Waals surface area contributed by atoms with Crippen molar-refractivity contribution in [1.29, 1.82) is 0 Å². The third-order valence-corrected chi connectivity index (χ3v) is 2.85. The number of imidazole rings is 1. The molecule has 0 amide bonds. The van der Waals surface area contributed by atoms with Crippen LogP contribution in [0.15, 0.2) is 30.6 Å². The fourth-order valence-electron chi connectivity index (χ4n) is 1.73. The van der Waals surface area contributed by atoms with Crippen LogP contribution in [0.2, 0.25) is 0 Å². The van der Waals surface area contributed by atoms with Gasteiger partial charge in [-0.3, -0.25) is 0 Å². The number of aromatic nitrogens is 2. The third kappa shape index (κ3) is 3.31. The molecule has 0 atom stereocenters. The van der Waals surface area contributed by atoms with Crippen molar-refractivity contribution in [1.82, 2.24) is 9.55 Å². The van der Waals surface area contributed by atoms with Gasteiger partial charge in [-0.1, -0.05) is 6.07 Å². The Morgan fingerprint density at radius 2 is 2.05 bits per heavy atom. The Bertz CT molecular complexity index is 597. The van der Waals surface area contributed by atoms with E-state index in [2.05, 4.69) is 4.98 Å². The summed E-state index contributed by atoms with van der Waals surface area (Å²) in [5.74, 6) is -0.447. The normalized spacial score (nSPS) is 11.7. The summed E-state index contributed by atoms with van der Waals surface area (Å²) in [6, 6.07) is 2.17. The van der Waals surface area contributed by atoms with Crippen molar-refractivity contribution in [3.05, 3.63) is 42.2 Å². The van der Waals surface area contributed by atoms with Crippen molar-refractivity contribution < 1.29 is 22.1 Å². The second-order valence-electron chi connectivity index (χ2n) is 4.28. The van der Waals surface area contributed by atoms with Crippen molar-refractivity contribution in [2.45, 2.75) is 13.5 Å². The van der Waals surface area contributed by atoms with Gasteiger partial charge in [-0.2, -0.15) is 0 Å². The maximum atomic E-state index is 13.4. The van der Waals surface area contributed by atoms with Crippen LogP contribution in [0.1, 0.15) is 5.82 Å². The molecule has 2 aromatic rings. The van der Waals surface area contributed by atoms with E-state index in [0.717, 1.165) is 11.9 Å². The van der Waals surface area contributed by atoms with Crippen LogP contribution in [0.3, 0.4) is 0 Å². The van der Waals surface area contributed by atoms with E-state index in [1.165, 1.54) is 0 Å². The molecular formula is C12H12BF4N2O-. The summed E-state index contributed by atoms with van der Waals surface area (Å²) < 4.78 is 58.0. The summed E-state index contributed by atoms with van der Waals surface area (Å²) in [4.78, 5) is 3.99. The van der Waals surface area contributed by atoms with Crippen LogP contribution in [0, 0.1) is 12.7 Å². The van der Waals surface area contributed by atoms with Crippen LogP contribution in [0.5, 0.6) is 5.75 Å². The molecule has 0 radical (unpaired) electrons. The summed E-state index contributed by atoms with van der Waals surface area (Å²) in [5.41, 5.74) is -0.875. The standard InChI is InChI=1S/C12H12BF4N2O/c1-9-18-4-5-19(9)6-7-20-12-8-10(13(15,16)17)2-3-11(12)14/h2-5,8H,6-7H2,1H3/q-1. The average Bonchev–Trinajstić information content (AvgIpc) is 2.76. The number of halogens is 4. The predicted molar refractivity (Wildman–Crippen MR) is 67.6 cm³/mol. The maximum absolute atomic E-state index is 13.4. The quantitative estimate of drug-likeness (QED) is 0.624. The Labute approximate surface area is 113 Å². The molecule has 0 aliphatic rings. The van der Waals surface area contributed by atoms with Gasteiger partial charge in [-0.05, 0) is 19.1 Å². The molecule has 1 aromatic heterocycles. The van der Waals surface area contributed by atoms with Crippen LogP contribution < -0.4 is 10.2 Å². The highest BCUT2D eigenvalue weighted by Gasteiger charge is 2.26. The molecule has 0 saturated heterocycles. The van der Waals surface area contributed by atoms with Crippen molar-refractivity contribution in [2.75, 3.05) is 6.61 Å². The van der Waals surface area contributed by atoms with Crippen LogP contribution in [-0.2, 0) is 6.54 Å². The zero-order chi connectivity index (χ0) is 14.8. The van der Waals surface area contributed by atoms with Crippen molar-refractivity contribution in [3.63, 3.8) is 0 Å². The highest BCUT2D eigenvalue weighted by atomic mass is 19.4. The first-order valence-corrected chi connectivity index (χ1v) is 5.98. The summed E-state index contributed by atoms with van der Waals surface area (Å²) >= 11 is 0. The van der Waals surface area contributed by atoms with E-state index >= 15 is 0 Å². The Morgan fingerprint density at radius 3 is 2.65 bits per heavy atom. The van der Waals surface area contributed by atoms with Gasteiger partial charge >= 0.3 is 6.98 Å². The number of rotatable bonds is 5. The Hall–Kier alpha value is -1.99. The van der Waals surface area contributed by atoms with Gasteiger partial charge < -0.3 is 22.3 Å². The Kier molecular flexibility index (Phi) is 4.01. The van der Waals surface area contributed by atoms with Gasteiger partial charge in [-0.15, -0.1) is 5.46 Å². The summed E-state index contributed by atoms with van der Waals surface area (Å²) in [7, 11) is 0. The first kappa shape index (κ1) is 14.4. The minimum Gasteiger partial charge on any atom is -0.489 e. The topological polar surface area (TPSA) is 27.1 Å². The van der Waals surface area contributed by atoms with E-state index in [0.29, 0.717) is 18.7 Å². The van der Waals surface area contributed by atoms with Crippen LogP contribution in [0.25, 0.3) is 0 Å². The van der Waals surface area contributed by atoms with E-state index in [4.69, 9.17) is 4.74 Å². The molecule has 1 heterocycles. The molecule has 0 spiro atoms. The zero-order valence-corrected chi connectivity index (χ0v) is 10.7. The van der Waals surface area contributed by atoms with Gasteiger partial charge in [0.1, 0.15) is 12.4 Å². The second-order valence-corrected chi connectivity index (χ2v) is 4.28. The summed E-state index contributed by atoms with van der Waals surface area (Å²) in [6.45, 7) is -2.94. The monoisotopic (exact) mass is 287 g/mol. The molecule has 0 saturated carbocycles. The number of aryl methyl sites for hydroxylation is 1. The van der Waals surface area contributed by atoms with E-state index in [-0.39, 0.29) is 12.4 Å². The van der Waals surface area contributed by atoms with Crippen molar-refractivity contribution >= 4 is 12.4 Å². The molecule has 0 aliphatic heterocycles. The fraction of sp³-hybridized carbons (Fsp3) is 0.250. The molecule has 2 rings (SSSR count). The lowest BCUT2D eigenvalue weighted by atomic mass is 9.80. The van der Waals surface area contributed by atoms with E-state index < -0.39 is 18.3 Å². The highest BCUT2D eigenvalue weighted by Crippen LogP contribution is 2.18. The van der Waals surface area contributed by atoms with Gasteiger partial charge in [0, 0.05) is 12.4 Å². The van der Waals surface area contributed by atoms with E-state index in [1.54, 1.807) is 23.9 Å². The van der Waals surface area contributed by atoms with Gasteiger partial charge in [0.2, 0.25) is 0 Å². The molecule has 108 valence electrons. The predicted octanol–water partition coefficient (Wildman–Crippen LogP) is 2.46. The lowest BCUT2D eigenvalue weighted by molar-refractivity contribution is 0.283. The summed E-state index contributed by atoms with van der Waals surface area (Å²) in [5, 5.41) is 0. The van der Waals surface area contributed by atoms with Gasteiger partial charge in [-0.25, -0.2) is 9.37 Å². The number of nitrogens with zero attached hydrogens (tertiary/aromatic N) is 2. The highest BCUT2D eigenvalue weighted by molar-refractivity contribution is 6.73. The van der Waals surface area contributed by atoms with Crippen molar-refractivity contribution in [3.8, 4) is 5.75 Å². The molecule has 0 unspecified atom stereocenters. The Morgan fingerprint density at radius 1 is 1.30 bits per heavy atom. The van der Waals surface area contributed by atoms with Gasteiger partial charge in [0.25, 0.3) is 0 Å². The first-order valence-electron chi connectivity index (χ1n) is 5.98. The Balaban J connectivity index is 2.04. The minimum absolute atomic E-state index is 0.0580. The molecule has 0 N–H and O–H groups in total. The maximum Gasteiger partial charge on any atom is 0.509 e. The number of ether oxygens (including phenoxy) is 1. The van der Waals surface area contributed by atoms with Crippen molar-refractivity contribution in [2.24, 2.45) is 0 Å². The fourth-order valence-corrected chi connectivity index (χ4v) is 1.73. The second kappa shape index (κ2) is 5.56. The molecule has 0 bridgehead atoms. The average molecular weight is 287 g/mol. The molecule has 3 nitrogen and oxygen atoms in total. The molecule has 20 heavy (non-hydrogen) atoms. The van der Waals surface area contributed by atoms with Crippen LogP contribution in [0.4, 0.5) is 17.3 Å². The molecule has 1 aromatic carbocycles. The van der Waals surface area contributed by atoms with Gasteiger partial charge in [0.05, 0.1) is 6.54 Å². The molecule has 0 fully saturated rings. The third-order valence-electron chi connectivity index (χ3n) is 2.85. The lowest BCUT2D eigenvalue weighted by Gasteiger charge is -2.16. The van der Waals surface area contributed by atoms with Gasteiger partial charge in [0.15, 0.2) is 11.6 Å². The SMILES string of the molecule is Cc1nccn1CCOc1cc([B-](F)(F)F)ccc1F. The number of hydrogen-bond donors (Lipinski definition) is 0. The minimum atomic E-state index is -5.16. The first-order chi connectivity index (χ1) is 9.38. The van der Waals surface area contributed by atoms with E-state index in [1.807, 2.05) is 0 Å². The van der Waals surface area contributed by atoms with E-state index in [9.17, 15) is 17.3 Å². The zero-order valence-electron chi connectivity index (χ0n) is 10.7. The lowest BCUT2D eigenvalue weighted by Crippen LogP contribution is -2.34. The molecular weight excluding hydrogens is 275 g/mol. The number of hydrogen-bond acceptors (Lipinski definition) is 2. The largest absolute Gasteiger partial charge is 0.509 e. The van der Waals surface area contributed by atoms with Crippen LogP contribution >= 0.6 is 0 Å². The number of benzene rings is 1. The molecule has 8 heteroatoms. The smallest absolute Gasteiger partial charge is 0.489 e. The molecule has 0 aliphatic carbocycles. The van der Waals surface area contributed by atoms with Crippen LogP contribution in [-0.4, -0.2) is 23.1 Å².